The molecule has 0 saturated heterocycles. The molecule has 1 aliphatic rings. The highest BCUT2D eigenvalue weighted by molar-refractivity contribution is 5.98. The zero-order chi connectivity index (χ0) is 27.6. The number of fused-ring (bicyclic) bond motifs is 2. The highest BCUT2D eigenvalue weighted by atomic mass is 19.4. The molecule has 3 aromatic carbocycles. The Labute approximate surface area is 221 Å². The van der Waals surface area contributed by atoms with E-state index in [4.69, 9.17) is 9.47 Å². The second-order valence-corrected chi connectivity index (χ2v) is 9.29. The normalized spacial score (nSPS) is 13.9. The molecule has 4 aromatic rings. The molecule has 1 aliphatic heterocycles. The first-order valence-electron chi connectivity index (χ1n) is 11.9. The Balaban J connectivity index is 1.43. The lowest BCUT2D eigenvalue weighted by atomic mass is 9.92. The third-order valence-corrected chi connectivity index (χ3v) is 6.19. The summed E-state index contributed by atoms with van der Waals surface area (Å²) in [6.45, 7) is 1.26. The van der Waals surface area contributed by atoms with Gasteiger partial charge >= 0.3 is 6.36 Å². The van der Waals surface area contributed by atoms with Gasteiger partial charge in [0.15, 0.2) is 11.5 Å². The van der Waals surface area contributed by atoms with E-state index in [2.05, 4.69) is 26.9 Å². The van der Waals surface area contributed by atoms with Gasteiger partial charge in [0, 0.05) is 28.2 Å². The molecule has 5 rings (SSSR count). The number of carbonyl (C=O) groups is 1. The van der Waals surface area contributed by atoms with Gasteiger partial charge in [0.1, 0.15) is 5.75 Å². The number of alkyl halides is 3. The van der Waals surface area contributed by atoms with Crippen molar-refractivity contribution in [2.45, 2.75) is 25.2 Å². The van der Waals surface area contributed by atoms with E-state index >= 15 is 0 Å². The predicted octanol–water partition coefficient (Wildman–Crippen LogP) is 4.92. The third-order valence-electron chi connectivity index (χ3n) is 6.19. The largest absolute Gasteiger partial charge is 0.573 e. The van der Waals surface area contributed by atoms with E-state index < -0.39 is 30.2 Å². The molecule has 0 bridgehead atoms. The van der Waals surface area contributed by atoms with Gasteiger partial charge in [0.2, 0.25) is 6.79 Å². The zero-order valence-electron chi connectivity index (χ0n) is 20.7. The molecule has 7 nitrogen and oxygen atoms in total. The molecular weight excluding hydrogens is 513 g/mol. The summed E-state index contributed by atoms with van der Waals surface area (Å²) in [5.41, 5.74) is 1.03. The number of carbonyl (C=O) groups excluding carboxylic acids is 1. The van der Waals surface area contributed by atoms with Crippen LogP contribution in [-0.4, -0.2) is 41.3 Å². The fourth-order valence-corrected chi connectivity index (χ4v) is 4.30. The smallest absolute Gasteiger partial charge is 0.454 e. The first-order valence-corrected chi connectivity index (χ1v) is 11.9. The predicted molar refractivity (Wildman–Crippen MR) is 137 cm³/mol. The average Bonchev–Trinajstić information content (AvgIpc) is 3.54. The van der Waals surface area contributed by atoms with Crippen LogP contribution >= 0.6 is 0 Å². The number of aliphatic hydroxyl groups excluding tert-OH is 1. The highest BCUT2D eigenvalue weighted by Crippen LogP contribution is 2.32. The molecule has 0 unspecified atom stereocenters. The molecule has 10 heteroatoms. The molecule has 1 atom stereocenters. The van der Waals surface area contributed by atoms with Gasteiger partial charge in [0.25, 0.3) is 5.91 Å². The summed E-state index contributed by atoms with van der Waals surface area (Å²) in [5, 5.41) is 13.8. The maximum atomic E-state index is 13.3. The topological polar surface area (TPSA) is 92.8 Å². The van der Waals surface area contributed by atoms with Crippen molar-refractivity contribution in [3.63, 3.8) is 0 Å². The highest BCUT2D eigenvalue weighted by Gasteiger charge is 2.34. The Bertz CT molecular complexity index is 1600. The minimum Gasteiger partial charge on any atom is -0.454 e. The number of rotatable bonds is 6. The molecule has 0 spiro atoms. The van der Waals surface area contributed by atoms with Crippen LogP contribution in [0.25, 0.3) is 10.9 Å². The third kappa shape index (κ3) is 5.94. The SMILES string of the molecule is C[C@](CO)(Cc1c[nH]c2ccccc12)NC(=O)c1cc(C#Cc2ccc3c(c2)OCO3)ccc1OC(F)(F)F. The van der Waals surface area contributed by atoms with E-state index in [1.165, 1.54) is 12.1 Å². The van der Waals surface area contributed by atoms with Gasteiger partial charge in [-0.1, -0.05) is 30.0 Å². The summed E-state index contributed by atoms with van der Waals surface area (Å²) in [6.07, 6.45) is -3.02. The van der Waals surface area contributed by atoms with Crippen molar-refractivity contribution < 1.29 is 37.3 Å². The second kappa shape index (κ2) is 10.3. The van der Waals surface area contributed by atoms with Gasteiger partial charge in [-0.2, -0.15) is 0 Å². The van der Waals surface area contributed by atoms with E-state index in [9.17, 15) is 23.1 Å². The van der Waals surface area contributed by atoms with E-state index in [1.807, 2.05) is 24.3 Å². The molecular formula is C29H23F3N2O5. The fourth-order valence-electron chi connectivity index (χ4n) is 4.30. The summed E-state index contributed by atoms with van der Waals surface area (Å²) in [7, 11) is 0. The molecule has 39 heavy (non-hydrogen) atoms. The van der Waals surface area contributed by atoms with Crippen LogP contribution in [0.1, 0.15) is 34.0 Å². The van der Waals surface area contributed by atoms with Gasteiger partial charge < -0.3 is 29.6 Å². The van der Waals surface area contributed by atoms with Crippen LogP contribution < -0.4 is 19.5 Å². The molecule has 3 N–H and O–H groups in total. The lowest BCUT2D eigenvalue weighted by Gasteiger charge is -2.29. The van der Waals surface area contributed by atoms with Crippen LogP contribution in [-0.2, 0) is 6.42 Å². The van der Waals surface area contributed by atoms with Gasteiger partial charge in [-0.25, -0.2) is 0 Å². The Morgan fingerprint density at radius 2 is 1.77 bits per heavy atom. The molecule has 200 valence electrons. The Kier molecular flexibility index (Phi) is 6.85. The van der Waals surface area contributed by atoms with Crippen molar-refractivity contribution in [2.75, 3.05) is 13.4 Å². The molecule has 1 amide bonds. The number of aliphatic hydroxyl groups is 1. The van der Waals surface area contributed by atoms with Crippen LogP contribution in [0.4, 0.5) is 13.2 Å². The lowest BCUT2D eigenvalue weighted by Crippen LogP contribution is -2.50. The van der Waals surface area contributed by atoms with Crippen LogP contribution in [0.15, 0.2) is 66.9 Å². The van der Waals surface area contributed by atoms with Crippen LogP contribution in [0.5, 0.6) is 17.2 Å². The van der Waals surface area contributed by atoms with Gasteiger partial charge in [-0.05, 0) is 61.4 Å². The minimum absolute atomic E-state index is 0.110. The molecule has 0 fully saturated rings. The van der Waals surface area contributed by atoms with Crippen molar-refractivity contribution in [1.82, 2.24) is 10.3 Å². The van der Waals surface area contributed by atoms with Crippen LogP contribution in [0, 0.1) is 11.8 Å². The van der Waals surface area contributed by atoms with E-state index in [1.54, 1.807) is 31.3 Å². The number of ether oxygens (including phenoxy) is 3. The second-order valence-electron chi connectivity index (χ2n) is 9.29. The Morgan fingerprint density at radius 1 is 1.05 bits per heavy atom. The number of benzene rings is 3. The Morgan fingerprint density at radius 3 is 2.54 bits per heavy atom. The number of amides is 1. The van der Waals surface area contributed by atoms with Crippen molar-refractivity contribution in [3.05, 3.63) is 89.1 Å². The summed E-state index contributed by atoms with van der Waals surface area (Å²) in [6, 6.07) is 16.2. The summed E-state index contributed by atoms with van der Waals surface area (Å²) in [5.74, 6) is 5.36. The van der Waals surface area contributed by atoms with E-state index in [-0.39, 0.29) is 24.3 Å². The average molecular weight is 537 g/mol. The standard InChI is InChI=1S/C29H23F3N2O5/c1-28(16-35,14-20-15-33-23-5-3-2-4-21(20)23)34-27(36)22-12-18(8-10-24(22)39-29(30,31)32)6-7-19-9-11-25-26(13-19)38-17-37-25/h2-5,8-13,15,33,35H,14,16-17H2,1H3,(H,34,36)/t28-/m1/s1. The maximum absolute atomic E-state index is 13.3. The van der Waals surface area contributed by atoms with Crippen LogP contribution in [0.3, 0.4) is 0 Å². The lowest BCUT2D eigenvalue weighted by molar-refractivity contribution is -0.274. The molecule has 0 radical (unpaired) electrons. The molecule has 1 aromatic heterocycles. The van der Waals surface area contributed by atoms with Gasteiger partial charge in [-0.3, -0.25) is 4.79 Å². The first-order chi connectivity index (χ1) is 18.6. The van der Waals surface area contributed by atoms with Crippen molar-refractivity contribution >= 4 is 16.8 Å². The minimum atomic E-state index is -5.01. The Hall–Kier alpha value is -4.62. The quantitative estimate of drug-likeness (QED) is 0.305. The maximum Gasteiger partial charge on any atom is 0.573 e. The number of hydrogen-bond donors (Lipinski definition) is 3. The van der Waals surface area contributed by atoms with Crippen molar-refractivity contribution in [2.24, 2.45) is 0 Å². The van der Waals surface area contributed by atoms with Crippen LogP contribution in [0.2, 0.25) is 0 Å². The zero-order valence-corrected chi connectivity index (χ0v) is 20.7. The molecule has 0 aliphatic carbocycles. The molecule has 2 heterocycles. The van der Waals surface area contributed by atoms with E-state index in [0.29, 0.717) is 17.1 Å². The number of hydrogen-bond acceptors (Lipinski definition) is 5. The van der Waals surface area contributed by atoms with Crippen molar-refractivity contribution in [1.29, 1.82) is 0 Å². The van der Waals surface area contributed by atoms with E-state index in [0.717, 1.165) is 22.5 Å². The van der Waals surface area contributed by atoms with Gasteiger partial charge in [0.05, 0.1) is 17.7 Å². The number of para-hydroxylation sites is 1. The number of H-pyrrole nitrogens is 1. The summed E-state index contributed by atoms with van der Waals surface area (Å²) in [4.78, 5) is 16.5. The van der Waals surface area contributed by atoms with Gasteiger partial charge in [-0.15, -0.1) is 13.2 Å². The first kappa shape index (κ1) is 26.0. The number of aromatic nitrogens is 1. The summed E-state index contributed by atoms with van der Waals surface area (Å²) < 4.78 is 54.1. The molecule has 0 saturated carbocycles. The summed E-state index contributed by atoms with van der Waals surface area (Å²) >= 11 is 0. The number of nitrogens with one attached hydrogen (secondary N) is 2. The number of halogens is 3. The number of aromatic amines is 1. The monoisotopic (exact) mass is 536 g/mol. The van der Waals surface area contributed by atoms with Crippen molar-refractivity contribution in [3.8, 4) is 29.1 Å². The fraction of sp³-hybridized carbons (Fsp3) is 0.207.